The Bertz CT molecular complexity index is 476. The van der Waals surface area contributed by atoms with E-state index in [-0.39, 0.29) is 23.9 Å². The first-order valence-corrected chi connectivity index (χ1v) is 7.09. The van der Waals surface area contributed by atoms with Crippen LogP contribution in [-0.2, 0) is 16.0 Å². The Labute approximate surface area is 118 Å². The number of hydrogen-bond donors (Lipinski definition) is 2. The van der Waals surface area contributed by atoms with Crippen LogP contribution in [0.3, 0.4) is 0 Å². The molecule has 0 saturated carbocycles. The van der Waals surface area contributed by atoms with Crippen LogP contribution in [0.1, 0.15) is 18.4 Å². The van der Waals surface area contributed by atoms with E-state index in [1.54, 1.807) is 24.3 Å². The summed E-state index contributed by atoms with van der Waals surface area (Å²) in [4.78, 5) is 14.2. The number of benzene rings is 1. The van der Waals surface area contributed by atoms with E-state index in [4.69, 9.17) is 10.5 Å². The minimum Gasteiger partial charge on any atom is -0.508 e. The molecule has 2 fully saturated rings. The van der Waals surface area contributed by atoms with E-state index in [0.717, 1.165) is 18.4 Å². The van der Waals surface area contributed by atoms with Crippen LogP contribution < -0.4 is 5.73 Å². The standard InChI is InChI=1S/C15H20N2O3/c16-14(7-10-1-3-11(18)4-2-10)15(19)17-8-12-5-6-13(9-17)20-12/h1-4,12-14,18H,5-9,16H2/t12?,13?,14-/m0/s1. The molecule has 3 rings (SSSR count). The number of rotatable bonds is 3. The lowest BCUT2D eigenvalue weighted by Crippen LogP contribution is -2.52. The van der Waals surface area contributed by atoms with Gasteiger partial charge in [0.25, 0.3) is 0 Å². The van der Waals surface area contributed by atoms with Crippen molar-refractivity contribution in [1.29, 1.82) is 0 Å². The second-order valence-electron chi connectivity index (χ2n) is 5.68. The Kier molecular flexibility index (Phi) is 3.63. The van der Waals surface area contributed by atoms with Crippen molar-refractivity contribution in [2.45, 2.75) is 37.5 Å². The highest BCUT2D eigenvalue weighted by molar-refractivity contribution is 5.82. The predicted molar refractivity (Wildman–Crippen MR) is 74.3 cm³/mol. The molecule has 2 aliphatic heterocycles. The quantitative estimate of drug-likeness (QED) is 0.850. The number of fused-ring (bicyclic) bond motifs is 2. The van der Waals surface area contributed by atoms with Gasteiger partial charge in [0.1, 0.15) is 5.75 Å². The summed E-state index contributed by atoms with van der Waals surface area (Å²) in [6.45, 7) is 1.33. The van der Waals surface area contributed by atoms with E-state index in [1.807, 2.05) is 4.90 Å². The van der Waals surface area contributed by atoms with Gasteiger partial charge in [0.15, 0.2) is 0 Å². The Balaban J connectivity index is 1.60. The Morgan fingerprint density at radius 1 is 1.30 bits per heavy atom. The number of aromatic hydroxyl groups is 1. The molecule has 0 aliphatic carbocycles. The zero-order valence-corrected chi connectivity index (χ0v) is 11.4. The van der Waals surface area contributed by atoms with Crippen LogP contribution in [0.2, 0.25) is 0 Å². The second-order valence-corrected chi connectivity index (χ2v) is 5.68. The lowest BCUT2D eigenvalue weighted by molar-refractivity contribution is -0.141. The number of ether oxygens (including phenoxy) is 1. The summed E-state index contributed by atoms with van der Waals surface area (Å²) in [7, 11) is 0. The van der Waals surface area contributed by atoms with Crippen molar-refractivity contribution in [3.05, 3.63) is 29.8 Å². The number of nitrogens with two attached hydrogens (primary N) is 1. The van der Waals surface area contributed by atoms with Crippen molar-refractivity contribution in [2.24, 2.45) is 5.73 Å². The van der Waals surface area contributed by atoms with E-state index in [1.165, 1.54) is 0 Å². The Hall–Kier alpha value is -1.59. The van der Waals surface area contributed by atoms with Gasteiger partial charge in [-0.1, -0.05) is 12.1 Å². The average Bonchev–Trinajstić information content (AvgIpc) is 2.79. The molecular weight excluding hydrogens is 256 g/mol. The molecule has 2 heterocycles. The minimum absolute atomic E-state index is 0.00160. The van der Waals surface area contributed by atoms with Crippen molar-refractivity contribution in [1.82, 2.24) is 4.90 Å². The summed E-state index contributed by atoms with van der Waals surface area (Å²) in [5.74, 6) is 0.219. The molecule has 5 nitrogen and oxygen atoms in total. The van der Waals surface area contributed by atoms with Gasteiger partial charge in [0.2, 0.25) is 5.91 Å². The van der Waals surface area contributed by atoms with E-state index >= 15 is 0 Å². The molecule has 2 saturated heterocycles. The van der Waals surface area contributed by atoms with Crippen molar-refractivity contribution in [2.75, 3.05) is 13.1 Å². The zero-order chi connectivity index (χ0) is 14.1. The number of nitrogens with zero attached hydrogens (tertiary/aromatic N) is 1. The van der Waals surface area contributed by atoms with E-state index in [2.05, 4.69) is 0 Å². The fraction of sp³-hybridized carbons (Fsp3) is 0.533. The third-order valence-corrected chi connectivity index (χ3v) is 4.06. The summed E-state index contributed by atoms with van der Waals surface area (Å²) in [5, 5.41) is 9.25. The molecule has 108 valence electrons. The number of amides is 1. The number of carbonyl (C=O) groups excluding carboxylic acids is 1. The van der Waals surface area contributed by atoms with Crippen molar-refractivity contribution < 1.29 is 14.6 Å². The fourth-order valence-corrected chi connectivity index (χ4v) is 3.00. The van der Waals surface area contributed by atoms with Gasteiger partial charge in [-0.2, -0.15) is 0 Å². The first-order valence-electron chi connectivity index (χ1n) is 7.09. The molecule has 2 bridgehead atoms. The fourth-order valence-electron chi connectivity index (χ4n) is 3.00. The third kappa shape index (κ3) is 2.78. The van der Waals surface area contributed by atoms with Crippen LogP contribution in [0.5, 0.6) is 5.75 Å². The molecule has 5 heteroatoms. The highest BCUT2D eigenvalue weighted by Crippen LogP contribution is 2.26. The molecular formula is C15H20N2O3. The molecule has 0 radical (unpaired) electrons. The van der Waals surface area contributed by atoms with Gasteiger partial charge < -0.3 is 20.5 Å². The maximum Gasteiger partial charge on any atom is 0.240 e. The van der Waals surface area contributed by atoms with Gasteiger partial charge in [0.05, 0.1) is 18.2 Å². The smallest absolute Gasteiger partial charge is 0.240 e. The topological polar surface area (TPSA) is 75.8 Å². The summed E-state index contributed by atoms with van der Waals surface area (Å²) >= 11 is 0. The molecule has 2 aliphatic rings. The van der Waals surface area contributed by atoms with Crippen LogP contribution in [0.4, 0.5) is 0 Å². The molecule has 20 heavy (non-hydrogen) atoms. The predicted octanol–water partition coefficient (Wildman–Crippen LogP) is 0.652. The van der Waals surface area contributed by atoms with Gasteiger partial charge in [-0.3, -0.25) is 4.79 Å². The highest BCUT2D eigenvalue weighted by atomic mass is 16.5. The summed E-state index contributed by atoms with van der Waals surface area (Å²) in [6, 6.07) is 6.29. The number of likely N-dealkylation sites (tertiary alicyclic amines) is 1. The van der Waals surface area contributed by atoms with Crippen LogP contribution in [0.25, 0.3) is 0 Å². The molecule has 0 spiro atoms. The zero-order valence-electron chi connectivity index (χ0n) is 11.4. The first kappa shape index (κ1) is 13.4. The van der Waals surface area contributed by atoms with Crippen LogP contribution in [0.15, 0.2) is 24.3 Å². The summed E-state index contributed by atoms with van der Waals surface area (Å²) in [6.07, 6.45) is 2.96. The van der Waals surface area contributed by atoms with Crippen molar-refractivity contribution in [3.63, 3.8) is 0 Å². The van der Waals surface area contributed by atoms with Crippen LogP contribution in [0, 0.1) is 0 Å². The molecule has 3 N–H and O–H groups in total. The first-order chi connectivity index (χ1) is 9.61. The number of phenolic OH excluding ortho intramolecular Hbond substituents is 1. The summed E-state index contributed by atoms with van der Waals surface area (Å²) in [5.41, 5.74) is 6.99. The monoisotopic (exact) mass is 276 g/mol. The third-order valence-electron chi connectivity index (χ3n) is 4.06. The highest BCUT2D eigenvalue weighted by Gasteiger charge is 2.36. The van der Waals surface area contributed by atoms with E-state index < -0.39 is 6.04 Å². The number of morpholine rings is 1. The lowest BCUT2D eigenvalue weighted by atomic mass is 10.0. The molecule has 3 atom stereocenters. The molecule has 0 aromatic heterocycles. The normalized spacial score (nSPS) is 26.6. The second kappa shape index (κ2) is 5.42. The van der Waals surface area contributed by atoms with Gasteiger partial charge in [0, 0.05) is 13.1 Å². The van der Waals surface area contributed by atoms with Crippen molar-refractivity contribution in [3.8, 4) is 5.75 Å². The van der Waals surface area contributed by atoms with Crippen LogP contribution >= 0.6 is 0 Å². The molecule has 1 aromatic carbocycles. The van der Waals surface area contributed by atoms with Gasteiger partial charge >= 0.3 is 0 Å². The summed E-state index contributed by atoms with van der Waals surface area (Å²) < 4.78 is 5.73. The van der Waals surface area contributed by atoms with E-state index in [0.29, 0.717) is 19.5 Å². The lowest BCUT2D eigenvalue weighted by Gasteiger charge is -2.33. The van der Waals surface area contributed by atoms with Gasteiger partial charge in [-0.25, -0.2) is 0 Å². The maximum atomic E-state index is 12.4. The molecule has 1 amide bonds. The van der Waals surface area contributed by atoms with Crippen molar-refractivity contribution >= 4 is 5.91 Å². The van der Waals surface area contributed by atoms with Gasteiger partial charge in [-0.15, -0.1) is 0 Å². The molecule has 1 aromatic rings. The maximum absolute atomic E-state index is 12.4. The SMILES string of the molecule is N[C@@H](Cc1ccc(O)cc1)C(=O)N1CC2CCC(C1)O2. The number of carbonyl (C=O) groups is 1. The number of phenols is 1. The van der Waals surface area contributed by atoms with Gasteiger partial charge in [-0.05, 0) is 37.0 Å². The largest absolute Gasteiger partial charge is 0.508 e. The average molecular weight is 276 g/mol. The molecule has 2 unspecified atom stereocenters. The number of hydrogen-bond acceptors (Lipinski definition) is 4. The Morgan fingerprint density at radius 2 is 1.90 bits per heavy atom. The van der Waals surface area contributed by atoms with Crippen LogP contribution in [-0.4, -0.2) is 47.3 Å². The minimum atomic E-state index is -0.531. The van der Waals surface area contributed by atoms with E-state index in [9.17, 15) is 9.90 Å². The Morgan fingerprint density at radius 3 is 2.50 bits per heavy atom.